The highest BCUT2D eigenvalue weighted by Gasteiger charge is 2.04. The summed E-state index contributed by atoms with van der Waals surface area (Å²) < 4.78 is 13.4. The molecule has 0 aliphatic rings. The molecule has 1 amide bonds. The lowest BCUT2D eigenvalue weighted by molar-refractivity contribution is 0.100. The van der Waals surface area contributed by atoms with Gasteiger partial charge >= 0.3 is 0 Å². The summed E-state index contributed by atoms with van der Waals surface area (Å²) >= 11 is -0.140. The van der Waals surface area contributed by atoms with Crippen molar-refractivity contribution in [1.82, 2.24) is 4.98 Å². The van der Waals surface area contributed by atoms with Crippen molar-refractivity contribution in [2.24, 2.45) is 4.36 Å². The molecule has 0 unspecified atom stereocenters. The highest BCUT2D eigenvalue weighted by Crippen LogP contribution is 2.09. The van der Waals surface area contributed by atoms with Crippen molar-refractivity contribution in [3.8, 4) is 17.6 Å². The number of rotatable bonds is 1. The number of phenols is 1. The van der Waals surface area contributed by atoms with E-state index < -0.39 is 5.91 Å². The summed E-state index contributed by atoms with van der Waals surface area (Å²) in [6.07, 6.45) is 2.84. The van der Waals surface area contributed by atoms with Crippen LogP contribution in [0.15, 0.2) is 47.1 Å². The van der Waals surface area contributed by atoms with E-state index in [1.165, 1.54) is 30.6 Å². The highest BCUT2D eigenvalue weighted by molar-refractivity contribution is 7.55. The second-order valence-corrected chi connectivity index (χ2v) is 4.06. The standard InChI is InChI=1S/C14H8N2O3S/c17-13-5-3-10(4-6-13)1-2-11-7-12(9-15-8-11)14(18)16-20-19/h3-9,17H. The van der Waals surface area contributed by atoms with E-state index in [0.29, 0.717) is 5.56 Å². The minimum absolute atomic E-state index is 0.140. The fourth-order valence-corrected chi connectivity index (χ4v) is 1.57. The van der Waals surface area contributed by atoms with E-state index in [1.54, 1.807) is 12.1 Å². The first-order valence-electron chi connectivity index (χ1n) is 5.49. The molecule has 0 fully saturated rings. The van der Waals surface area contributed by atoms with E-state index in [1.807, 2.05) is 0 Å². The molecule has 1 heterocycles. The zero-order chi connectivity index (χ0) is 14.4. The van der Waals surface area contributed by atoms with Crippen molar-refractivity contribution in [3.63, 3.8) is 0 Å². The summed E-state index contributed by atoms with van der Waals surface area (Å²) in [5, 5.41) is 9.16. The third-order valence-corrected chi connectivity index (χ3v) is 2.56. The molecule has 1 aromatic heterocycles. The number of pyridine rings is 1. The molecule has 1 N–H and O–H groups in total. The summed E-state index contributed by atoms with van der Waals surface area (Å²) in [5.41, 5.74) is 1.47. The van der Waals surface area contributed by atoms with Gasteiger partial charge < -0.3 is 5.11 Å². The lowest BCUT2D eigenvalue weighted by Gasteiger charge is -1.94. The highest BCUT2D eigenvalue weighted by atomic mass is 32.1. The summed E-state index contributed by atoms with van der Waals surface area (Å²) in [5.74, 6) is 5.26. The second-order valence-electron chi connectivity index (χ2n) is 3.73. The Morgan fingerprint density at radius 2 is 1.85 bits per heavy atom. The molecule has 5 nitrogen and oxygen atoms in total. The second kappa shape index (κ2) is 6.41. The molecule has 2 aromatic rings. The Bertz CT molecular complexity index is 754. The fraction of sp³-hybridized carbons (Fsp3) is 0. The van der Waals surface area contributed by atoms with Crippen molar-refractivity contribution >= 4 is 17.4 Å². The molecule has 2 rings (SSSR count). The number of aromatic hydroxyl groups is 1. The normalized spacial score (nSPS) is 9.20. The first-order chi connectivity index (χ1) is 9.69. The van der Waals surface area contributed by atoms with Gasteiger partial charge in [0.1, 0.15) is 5.75 Å². The van der Waals surface area contributed by atoms with Gasteiger partial charge in [0.2, 0.25) is 11.5 Å². The van der Waals surface area contributed by atoms with Crippen LogP contribution in [0.3, 0.4) is 0 Å². The van der Waals surface area contributed by atoms with Gasteiger partial charge in [-0.1, -0.05) is 11.8 Å². The minimum atomic E-state index is -0.634. The van der Waals surface area contributed by atoms with E-state index in [-0.39, 0.29) is 22.8 Å². The SMILES string of the molecule is O=S=NC(=O)c1cncc(C#Cc2ccc(O)cc2)c1. The Balaban J connectivity index is 2.27. The zero-order valence-corrected chi connectivity index (χ0v) is 10.9. The first kappa shape index (κ1) is 13.6. The minimum Gasteiger partial charge on any atom is -0.508 e. The molecule has 0 saturated heterocycles. The van der Waals surface area contributed by atoms with Crippen LogP contribution in [0.5, 0.6) is 5.75 Å². The number of phenolic OH excluding ortho intramolecular Hbond substituents is 1. The van der Waals surface area contributed by atoms with Crippen LogP contribution >= 0.6 is 0 Å². The molecule has 0 atom stereocenters. The Hall–Kier alpha value is -2.78. The number of aromatic nitrogens is 1. The fourth-order valence-electron chi connectivity index (χ4n) is 1.40. The van der Waals surface area contributed by atoms with Crippen molar-refractivity contribution in [2.75, 3.05) is 0 Å². The lowest BCUT2D eigenvalue weighted by Crippen LogP contribution is -1.95. The molecular formula is C14H8N2O3S. The van der Waals surface area contributed by atoms with Crippen LogP contribution in [0.2, 0.25) is 0 Å². The maximum Gasteiger partial charge on any atom is 0.291 e. The Kier molecular flexibility index (Phi) is 4.37. The number of amides is 1. The summed E-state index contributed by atoms with van der Waals surface area (Å²) in [6, 6.07) is 7.93. The summed E-state index contributed by atoms with van der Waals surface area (Å²) in [4.78, 5) is 15.3. The molecule has 0 aliphatic heterocycles. The van der Waals surface area contributed by atoms with Crippen LogP contribution in [0.25, 0.3) is 0 Å². The Morgan fingerprint density at radius 1 is 1.15 bits per heavy atom. The van der Waals surface area contributed by atoms with Gasteiger partial charge in [0.25, 0.3) is 5.91 Å². The first-order valence-corrected chi connectivity index (χ1v) is 6.19. The lowest BCUT2D eigenvalue weighted by atomic mass is 10.1. The maximum absolute atomic E-state index is 11.4. The molecule has 1 aromatic carbocycles. The predicted octanol–water partition coefficient (Wildman–Crippen LogP) is 1.72. The van der Waals surface area contributed by atoms with E-state index >= 15 is 0 Å². The van der Waals surface area contributed by atoms with Crippen LogP contribution in [-0.2, 0) is 11.5 Å². The monoisotopic (exact) mass is 284 g/mol. The molecule has 98 valence electrons. The predicted molar refractivity (Wildman–Crippen MR) is 73.2 cm³/mol. The van der Waals surface area contributed by atoms with Crippen LogP contribution in [-0.4, -0.2) is 20.2 Å². The topological polar surface area (TPSA) is 79.6 Å². The number of benzene rings is 1. The van der Waals surface area contributed by atoms with Gasteiger partial charge in [-0.25, -0.2) is 0 Å². The van der Waals surface area contributed by atoms with E-state index in [9.17, 15) is 9.00 Å². The van der Waals surface area contributed by atoms with Crippen molar-refractivity contribution in [3.05, 3.63) is 59.4 Å². The number of nitrogens with zero attached hydrogens (tertiary/aromatic N) is 2. The van der Waals surface area contributed by atoms with Crippen molar-refractivity contribution in [2.45, 2.75) is 0 Å². The van der Waals surface area contributed by atoms with Gasteiger partial charge in [0, 0.05) is 23.5 Å². The number of hydrogen-bond donors (Lipinski definition) is 1. The molecule has 0 spiro atoms. The molecule has 0 bridgehead atoms. The molecule has 6 heteroatoms. The van der Waals surface area contributed by atoms with Gasteiger partial charge in [0.05, 0.1) is 5.56 Å². The third-order valence-electron chi connectivity index (χ3n) is 2.32. The smallest absolute Gasteiger partial charge is 0.291 e. The molecule has 0 saturated carbocycles. The molecule has 0 aliphatic carbocycles. The number of carbonyl (C=O) groups excluding carboxylic acids is 1. The quantitative estimate of drug-likeness (QED) is 0.809. The van der Waals surface area contributed by atoms with Crippen LogP contribution in [0, 0.1) is 11.8 Å². The van der Waals surface area contributed by atoms with Crippen LogP contribution in [0.4, 0.5) is 0 Å². The molecule has 20 heavy (non-hydrogen) atoms. The maximum atomic E-state index is 11.4. The largest absolute Gasteiger partial charge is 0.508 e. The van der Waals surface area contributed by atoms with Crippen molar-refractivity contribution < 1.29 is 14.1 Å². The van der Waals surface area contributed by atoms with Gasteiger partial charge in [0.15, 0.2) is 0 Å². The van der Waals surface area contributed by atoms with Gasteiger partial charge in [-0.2, -0.15) is 4.21 Å². The zero-order valence-electron chi connectivity index (χ0n) is 10.1. The average molecular weight is 284 g/mol. The Morgan fingerprint density at radius 3 is 2.55 bits per heavy atom. The molecular weight excluding hydrogens is 276 g/mol. The number of hydrogen-bond acceptors (Lipinski definition) is 4. The van der Waals surface area contributed by atoms with Crippen LogP contribution < -0.4 is 0 Å². The van der Waals surface area contributed by atoms with Gasteiger partial charge in [-0.05, 0) is 30.3 Å². The molecule has 0 radical (unpaired) electrons. The third kappa shape index (κ3) is 3.60. The number of carbonyl (C=O) groups is 1. The van der Waals surface area contributed by atoms with Gasteiger partial charge in [-0.15, -0.1) is 4.36 Å². The van der Waals surface area contributed by atoms with E-state index in [2.05, 4.69) is 21.2 Å². The van der Waals surface area contributed by atoms with Crippen molar-refractivity contribution in [1.29, 1.82) is 0 Å². The van der Waals surface area contributed by atoms with Gasteiger partial charge in [-0.3, -0.25) is 9.78 Å². The van der Waals surface area contributed by atoms with E-state index in [4.69, 9.17) is 5.11 Å². The Labute approximate surface area is 118 Å². The van der Waals surface area contributed by atoms with E-state index in [0.717, 1.165) is 5.56 Å². The summed E-state index contributed by atoms with van der Waals surface area (Å²) in [7, 11) is 0. The summed E-state index contributed by atoms with van der Waals surface area (Å²) in [6.45, 7) is 0. The average Bonchev–Trinajstić information content (AvgIpc) is 2.47. The van der Waals surface area contributed by atoms with Crippen LogP contribution in [0.1, 0.15) is 21.5 Å².